The average molecular weight is 685 g/mol. The molecular weight excluding hydrogens is 621 g/mol. The minimum Gasteiger partial charge on any atom is -0.490 e. The molecule has 2 N–H and O–H groups in total. The zero-order valence-electron chi connectivity index (χ0n) is 32.0. The van der Waals surface area contributed by atoms with Gasteiger partial charge in [0.1, 0.15) is 16.6 Å². The van der Waals surface area contributed by atoms with Crippen LogP contribution in [-0.2, 0) is 12.8 Å². The second kappa shape index (κ2) is 21.0. The lowest BCUT2D eigenvalue weighted by atomic mass is 9.90. The van der Waals surface area contributed by atoms with Gasteiger partial charge in [-0.05, 0) is 125 Å². The van der Waals surface area contributed by atoms with Gasteiger partial charge in [-0.1, -0.05) is 70.4 Å². The minimum absolute atomic E-state index is 0.0891. The normalized spacial score (nSPS) is 15.2. The van der Waals surface area contributed by atoms with Gasteiger partial charge in [-0.2, -0.15) is 0 Å². The van der Waals surface area contributed by atoms with Crippen molar-refractivity contribution in [3.8, 4) is 26.8 Å². The molecule has 2 aromatic carbocycles. The predicted octanol–water partition coefficient (Wildman–Crippen LogP) is 11.9. The number of piperidine rings is 1. The Labute approximate surface area is 302 Å². The molecule has 2 fully saturated rings. The van der Waals surface area contributed by atoms with E-state index in [-0.39, 0.29) is 6.10 Å². The lowest BCUT2D eigenvalue weighted by Crippen LogP contribution is -2.37. The van der Waals surface area contributed by atoms with Crippen LogP contribution in [-0.4, -0.2) is 42.3 Å². The van der Waals surface area contributed by atoms with Gasteiger partial charge in [0, 0.05) is 43.7 Å². The maximum absolute atomic E-state index is 7.69. The van der Waals surface area contributed by atoms with Gasteiger partial charge in [0.15, 0.2) is 0 Å². The predicted molar refractivity (Wildman–Crippen MR) is 214 cm³/mol. The number of nitrogens with one attached hydrogen (secondary N) is 2. The van der Waals surface area contributed by atoms with E-state index >= 15 is 0 Å². The summed E-state index contributed by atoms with van der Waals surface area (Å²) in [6, 6.07) is 12.6. The molecule has 0 unspecified atom stereocenters. The lowest BCUT2D eigenvalue weighted by Gasteiger charge is -2.35. The lowest BCUT2D eigenvalue weighted by molar-refractivity contribution is 0.215. The van der Waals surface area contributed by atoms with E-state index in [2.05, 4.69) is 74.2 Å². The van der Waals surface area contributed by atoms with Crippen molar-refractivity contribution in [1.29, 1.82) is 5.41 Å². The summed E-state index contributed by atoms with van der Waals surface area (Å²) in [6.45, 7) is 19.2. The molecule has 49 heavy (non-hydrogen) atoms. The number of fused-ring (bicyclic) bond motifs is 1. The molecular formula is C43H64N4OS. The average Bonchev–Trinajstić information content (AvgIpc) is 3.62. The highest BCUT2D eigenvalue weighted by Gasteiger charge is 2.25. The number of aryl methyl sites for hydroxylation is 1. The van der Waals surface area contributed by atoms with Gasteiger partial charge in [-0.15, -0.1) is 11.3 Å². The maximum Gasteiger partial charge on any atom is 0.128 e. The summed E-state index contributed by atoms with van der Waals surface area (Å²) in [6.07, 6.45) is 18.6. The fourth-order valence-electron chi connectivity index (χ4n) is 6.33. The van der Waals surface area contributed by atoms with Crippen molar-refractivity contribution in [2.45, 2.75) is 126 Å². The SMILES string of the molecule is C/C=C(/C)CC1CCN(C(NC)=C2CC2)CC1.CC.CC(C)Oc1ccc(-c2ncc(-c3cccc4c3CCC4)s2)cc1C=N.CCCC. The standard InChI is InChI=1S/C22H22N2OS.C15H26N2.C4H10.C2H6/c1-14(2)25-20-10-9-16(11-17(20)12-23)22-24-13-21(26-22)19-8-4-6-15-5-3-7-18(15)19;1-4-12(2)11-13-7-9-17(10-8-13)15(16-3)14-5-6-14;1-3-4-2;1-2/h4,6,8-14,23H,3,5,7H2,1-2H3;4,13,16H,5-11H2,1-3H3;3-4H2,1-2H3;1-2H3/b;12-4-;;. The molecule has 0 amide bonds. The van der Waals surface area contributed by atoms with Crippen LogP contribution in [0.3, 0.4) is 0 Å². The number of hydrogen-bond donors (Lipinski definition) is 2. The van der Waals surface area contributed by atoms with Crippen molar-refractivity contribution in [3.63, 3.8) is 0 Å². The fraction of sp³-hybridized carbons (Fsp3) is 0.535. The molecule has 6 rings (SSSR count). The highest BCUT2D eigenvalue weighted by molar-refractivity contribution is 7.18. The van der Waals surface area contributed by atoms with Crippen molar-refractivity contribution < 1.29 is 4.74 Å². The monoisotopic (exact) mass is 684 g/mol. The molecule has 1 aromatic heterocycles. The number of ether oxygens (including phenoxy) is 1. The number of hydrogen-bond acceptors (Lipinski definition) is 6. The van der Waals surface area contributed by atoms with Crippen LogP contribution in [0.2, 0.25) is 0 Å². The Morgan fingerprint density at radius 3 is 2.37 bits per heavy atom. The molecule has 2 aliphatic carbocycles. The largest absolute Gasteiger partial charge is 0.490 e. The third-order valence-corrected chi connectivity index (χ3v) is 10.4. The van der Waals surface area contributed by atoms with E-state index in [1.165, 1.54) is 104 Å². The van der Waals surface area contributed by atoms with Gasteiger partial charge in [0.25, 0.3) is 0 Å². The molecule has 1 saturated heterocycles. The van der Waals surface area contributed by atoms with Crippen LogP contribution in [0.4, 0.5) is 0 Å². The van der Waals surface area contributed by atoms with Crippen LogP contribution in [0.25, 0.3) is 21.0 Å². The molecule has 2 heterocycles. The van der Waals surface area contributed by atoms with Crippen LogP contribution >= 0.6 is 11.3 Å². The molecule has 0 radical (unpaired) electrons. The zero-order valence-corrected chi connectivity index (χ0v) is 32.9. The van der Waals surface area contributed by atoms with E-state index in [1.807, 2.05) is 52.1 Å². The Balaban J connectivity index is 0.000000244. The molecule has 1 aliphatic heterocycles. The first-order valence-electron chi connectivity index (χ1n) is 19.0. The van der Waals surface area contributed by atoms with Crippen LogP contribution in [0, 0.1) is 11.3 Å². The number of thiazole rings is 1. The Hall–Kier alpha value is -3.38. The number of nitrogens with zero attached hydrogens (tertiary/aromatic N) is 2. The highest BCUT2D eigenvalue weighted by Crippen LogP contribution is 2.38. The van der Waals surface area contributed by atoms with Gasteiger partial charge in [0.2, 0.25) is 0 Å². The first-order valence-corrected chi connectivity index (χ1v) is 19.8. The van der Waals surface area contributed by atoms with Crippen molar-refractivity contribution in [2.75, 3.05) is 20.1 Å². The number of aromatic nitrogens is 1. The summed E-state index contributed by atoms with van der Waals surface area (Å²) in [5.74, 6) is 3.09. The van der Waals surface area contributed by atoms with Crippen LogP contribution in [0.1, 0.15) is 123 Å². The number of rotatable bonds is 10. The second-order valence-electron chi connectivity index (χ2n) is 13.4. The summed E-state index contributed by atoms with van der Waals surface area (Å²) < 4.78 is 5.78. The molecule has 3 aliphatic rings. The molecule has 268 valence electrons. The Morgan fingerprint density at radius 1 is 1.06 bits per heavy atom. The number of likely N-dealkylation sites (tertiary alicyclic amines) is 1. The van der Waals surface area contributed by atoms with E-state index in [9.17, 15) is 0 Å². The fourth-order valence-corrected chi connectivity index (χ4v) is 7.30. The van der Waals surface area contributed by atoms with Crippen LogP contribution in [0.5, 0.6) is 5.75 Å². The van der Waals surface area contributed by atoms with E-state index in [4.69, 9.17) is 10.1 Å². The summed E-state index contributed by atoms with van der Waals surface area (Å²) in [5.41, 5.74) is 9.31. The topological polar surface area (TPSA) is 61.2 Å². The summed E-state index contributed by atoms with van der Waals surface area (Å²) in [5, 5.41) is 12.1. The summed E-state index contributed by atoms with van der Waals surface area (Å²) in [7, 11) is 2.07. The van der Waals surface area contributed by atoms with E-state index in [0.29, 0.717) is 0 Å². The Morgan fingerprint density at radius 2 is 1.78 bits per heavy atom. The third kappa shape index (κ3) is 11.9. The quantitative estimate of drug-likeness (QED) is 0.165. The van der Waals surface area contributed by atoms with Crippen LogP contribution < -0.4 is 10.1 Å². The van der Waals surface area contributed by atoms with Crippen molar-refractivity contribution in [2.24, 2.45) is 5.92 Å². The van der Waals surface area contributed by atoms with Gasteiger partial charge in [-0.3, -0.25) is 0 Å². The van der Waals surface area contributed by atoms with Crippen molar-refractivity contribution in [3.05, 3.63) is 82.3 Å². The summed E-state index contributed by atoms with van der Waals surface area (Å²) >= 11 is 1.72. The highest BCUT2D eigenvalue weighted by atomic mass is 32.1. The first kappa shape index (κ1) is 40.1. The minimum atomic E-state index is 0.0891. The van der Waals surface area contributed by atoms with E-state index < -0.39 is 0 Å². The zero-order chi connectivity index (χ0) is 35.8. The number of allylic oxidation sites excluding steroid dienone is 3. The summed E-state index contributed by atoms with van der Waals surface area (Å²) in [4.78, 5) is 8.44. The van der Waals surface area contributed by atoms with Gasteiger partial charge < -0.3 is 20.4 Å². The van der Waals surface area contributed by atoms with Gasteiger partial charge in [0.05, 0.1) is 11.0 Å². The Kier molecular flexibility index (Phi) is 17.1. The van der Waals surface area contributed by atoms with Gasteiger partial charge >= 0.3 is 0 Å². The van der Waals surface area contributed by atoms with E-state index in [0.717, 1.165) is 34.2 Å². The van der Waals surface area contributed by atoms with E-state index in [1.54, 1.807) is 22.5 Å². The Bertz CT molecular complexity index is 1500. The maximum atomic E-state index is 7.69. The molecule has 0 spiro atoms. The smallest absolute Gasteiger partial charge is 0.128 e. The molecule has 6 heteroatoms. The second-order valence-corrected chi connectivity index (χ2v) is 14.4. The number of benzene rings is 2. The van der Waals surface area contributed by atoms with Gasteiger partial charge in [-0.25, -0.2) is 4.98 Å². The molecule has 0 bridgehead atoms. The van der Waals surface area contributed by atoms with Crippen molar-refractivity contribution >= 4 is 17.6 Å². The number of unbranched alkanes of at least 4 members (excludes halogenated alkanes) is 1. The third-order valence-electron chi connectivity index (χ3n) is 9.30. The molecule has 0 atom stereocenters. The van der Waals surface area contributed by atoms with Crippen LogP contribution in [0.15, 0.2) is 65.6 Å². The molecule has 3 aromatic rings. The molecule has 1 saturated carbocycles. The first-order chi connectivity index (χ1) is 23.8. The van der Waals surface area contributed by atoms with Crippen molar-refractivity contribution in [1.82, 2.24) is 15.2 Å². The molecule has 5 nitrogen and oxygen atoms in total.